The highest BCUT2D eigenvalue weighted by atomic mass is 16.5. The first kappa shape index (κ1) is 15.0. The van der Waals surface area contributed by atoms with Crippen molar-refractivity contribution in [3.63, 3.8) is 0 Å². The van der Waals surface area contributed by atoms with Gasteiger partial charge in [0.05, 0.1) is 11.3 Å². The van der Waals surface area contributed by atoms with Crippen molar-refractivity contribution in [1.82, 2.24) is 5.32 Å². The Labute approximate surface area is 121 Å². The zero-order valence-electron chi connectivity index (χ0n) is 11.5. The Morgan fingerprint density at radius 3 is 2.48 bits per heavy atom. The fourth-order valence-electron chi connectivity index (χ4n) is 2.15. The lowest BCUT2D eigenvalue weighted by Gasteiger charge is -2.14. The first-order valence-electron chi connectivity index (χ1n) is 6.53. The molecule has 0 saturated carbocycles. The molecule has 7 nitrogen and oxygen atoms in total. The Bertz CT molecular complexity index is 572. The molecule has 3 N–H and O–H groups in total. The fraction of sp³-hybridized carbons (Fsp3) is 0.357. The van der Waals surface area contributed by atoms with Crippen LogP contribution in [-0.4, -0.2) is 42.1 Å². The standard InChI is InChI=1S/C14H16N2O5/c1-15-12(17)8-4-2-3-5-9(8)16-13(18)10-6-7-11(21-10)14(19)20/h2-5,10-11H,6-7H2,1H3,(H,15,17)(H,16,18)(H,19,20). The lowest BCUT2D eigenvalue weighted by molar-refractivity contribution is -0.150. The molecule has 0 aromatic heterocycles. The van der Waals surface area contributed by atoms with Crippen molar-refractivity contribution >= 4 is 23.5 Å². The number of benzene rings is 1. The highest BCUT2D eigenvalue weighted by molar-refractivity contribution is 6.04. The van der Waals surface area contributed by atoms with Crippen LogP contribution in [-0.2, 0) is 14.3 Å². The number of rotatable bonds is 4. The minimum absolute atomic E-state index is 0.296. The molecule has 1 heterocycles. The minimum Gasteiger partial charge on any atom is -0.479 e. The average Bonchev–Trinajstić information content (AvgIpc) is 2.97. The van der Waals surface area contributed by atoms with Gasteiger partial charge >= 0.3 is 5.97 Å². The Balaban J connectivity index is 2.07. The van der Waals surface area contributed by atoms with Crippen molar-refractivity contribution in [3.8, 4) is 0 Å². The van der Waals surface area contributed by atoms with Gasteiger partial charge in [-0.1, -0.05) is 12.1 Å². The smallest absolute Gasteiger partial charge is 0.332 e. The molecule has 2 rings (SSSR count). The zero-order valence-corrected chi connectivity index (χ0v) is 11.5. The number of anilines is 1. The Morgan fingerprint density at radius 2 is 1.86 bits per heavy atom. The molecule has 1 fully saturated rings. The third-order valence-corrected chi connectivity index (χ3v) is 3.24. The van der Waals surface area contributed by atoms with E-state index in [0.717, 1.165) is 0 Å². The van der Waals surface area contributed by atoms with Gasteiger partial charge in [-0.05, 0) is 25.0 Å². The molecular weight excluding hydrogens is 276 g/mol. The van der Waals surface area contributed by atoms with Crippen LogP contribution in [0.3, 0.4) is 0 Å². The molecule has 1 saturated heterocycles. The van der Waals surface area contributed by atoms with Gasteiger partial charge in [0.15, 0.2) is 6.10 Å². The molecule has 0 radical (unpaired) electrons. The summed E-state index contributed by atoms with van der Waals surface area (Å²) < 4.78 is 5.17. The fourth-order valence-corrected chi connectivity index (χ4v) is 2.15. The highest BCUT2D eigenvalue weighted by Crippen LogP contribution is 2.22. The second-order valence-electron chi connectivity index (χ2n) is 4.64. The molecule has 1 aliphatic heterocycles. The molecule has 2 atom stereocenters. The van der Waals surface area contributed by atoms with Crippen LogP contribution in [0.2, 0.25) is 0 Å². The maximum atomic E-state index is 12.1. The summed E-state index contributed by atoms with van der Waals surface area (Å²) in [5.41, 5.74) is 0.699. The number of aliphatic carboxylic acids is 1. The molecule has 21 heavy (non-hydrogen) atoms. The maximum absolute atomic E-state index is 12.1. The van der Waals surface area contributed by atoms with E-state index in [1.165, 1.54) is 7.05 Å². The number of carboxylic acid groups (broad SMARTS) is 1. The van der Waals surface area contributed by atoms with Crippen LogP contribution in [0, 0.1) is 0 Å². The van der Waals surface area contributed by atoms with Crippen molar-refractivity contribution in [1.29, 1.82) is 0 Å². The maximum Gasteiger partial charge on any atom is 0.332 e. The van der Waals surface area contributed by atoms with Crippen LogP contribution in [0.25, 0.3) is 0 Å². The summed E-state index contributed by atoms with van der Waals surface area (Å²) in [6.07, 6.45) is -1.13. The predicted octanol–water partition coefficient (Wildman–Crippen LogP) is 0.617. The number of hydrogen-bond acceptors (Lipinski definition) is 4. The number of nitrogens with one attached hydrogen (secondary N) is 2. The van der Waals surface area contributed by atoms with E-state index in [4.69, 9.17) is 9.84 Å². The normalized spacial score (nSPS) is 20.8. The monoisotopic (exact) mass is 292 g/mol. The third-order valence-electron chi connectivity index (χ3n) is 3.24. The molecular formula is C14H16N2O5. The number of para-hydroxylation sites is 1. The topological polar surface area (TPSA) is 105 Å². The zero-order chi connectivity index (χ0) is 15.4. The number of carboxylic acids is 1. The molecule has 1 aromatic rings. The second-order valence-corrected chi connectivity index (χ2v) is 4.64. The van der Waals surface area contributed by atoms with E-state index in [1.807, 2.05) is 0 Å². The van der Waals surface area contributed by atoms with Crippen LogP contribution in [0.4, 0.5) is 5.69 Å². The molecule has 1 aliphatic rings. The average molecular weight is 292 g/mol. The third kappa shape index (κ3) is 3.38. The van der Waals surface area contributed by atoms with Gasteiger partial charge in [-0.25, -0.2) is 4.79 Å². The van der Waals surface area contributed by atoms with Gasteiger partial charge in [-0.15, -0.1) is 0 Å². The van der Waals surface area contributed by atoms with Gasteiger partial charge < -0.3 is 20.5 Å². The molecule has 1 aromatic carbocycles. The van der Waals surface area contributed by atoms with E-state index in [1.54, 1.807) is 24.3 Å². The van der Waals surface area contributed by atoms with E-state index in [-0.39, 0.29) is 5.91 Å². The van der Waals surface area contributed by atoms with Gasteiger partial charge in [0.2, 0.25) is 0 Å². The van der Waals surface area contributed by atoms with Crippen molar-refractivity contribution in [2.24, 2.45) is 0 Å². The van der Waals surface area contributed by atoms with Crippen LogP contribution in [0.5, 0.6) is 0 Å². The molecule has 0 aliphatic carbocycles. The predicted molar refractivity (Wildman–Crippen MR) is 74.0 cm³/mol. The van der Waals surface area contributed by atoms with Crippen molar-refractivity contribution in [3.05, 3.63) is 29.8 Å². The Kier molecular flexibility index (Phi) is 4.54. The summed E-state index contributed by atoms with van der Waals surface area (Å²) in [5, 5.41) is 13.9. The van der Waals surface area contributed by atoms with Crippen LogP contribution in [0.15, 0.2) is 24.3 Å². The van der Waals surface area contributed by atoms with E-state index in [0.29, 0.717) is 24.1 Å². The largest absolute Gasteiger partial charge is 0.479 e. The van der Waals surface area contributed by atoms with Gasteiger partial charge in [0, 0.05) is 7.05 Å². The molecule has 2 amide bonds. The number of hydrogen-bond donors (Lipinski definition) is 3. The van der Waals surface area contributed by atoms with Crippen LogP contribution in [0.1, 0.15) is 23.2 Å². The van der Waals surface area contributed by atoms with Gasteiger partial charge in [-0.2, -0.15) is 0 Å². The molecule has 112 valence electrons. The lowest BCUT2D eigenvalue weighted by atomic mass is 10.1. The lowest BCUT2D eigenvalue weighted by Crippen LogP contribution is -2.31. The van der Waals surface area contributed by atoms with Crippen LogP contribution >= 0.6 is 0 Å². The van der Waals surface area contributed by atoms with Gasteiger partial charge in [0.25, 0.3) is 11.8 Å². The summed E-state index contributed by atoms with van der Waals surface area (Å²) in [6.45, 7) is 0. The number of carbonyl (C=O) groups excluding carboxylic acids is 2. The Hall–Kier alpha value is -2.41. The van der Waals surface area contributed by atoms with E-state index >= 15 is 0 Å². The Morgan fingerprint density at radius 1 is 1.19 bits per heavy atom. The minimum atomic E-state index is -1.07. The SMILES string of the molecule is CNC(=O)c1ccccc1NC(=O)C1CCC(C(=O)O)O1. The van der Waals surface area contributed by atoms with E-state index in [2.05, 4.69) is 10.6 Å². The number of carbonyl (C=O) groups is 3. The highest BCUT2D eigenvalue weighted by Gasteiger charge is 2.34. The molecule has 2 unspecified atom stereocenters. The summed E-state index contributed by atoms with van der Waals surface area (Å²) in [5.74, 6) is -1.84. The van der Waals surface area contributed by atoms with E-state index in [9.17, 15) is 14.4 Å². The molecule has 7 heteroatoms. The summed E-state index contributed by atoms with van der Waals surface area (Å²) in [6, 6.07) is 6.57. The number of amides is 2. The molecule has 0 bridgehead atoms. The van der Waals surface area contributed by atoms with E-state index < -0.39 is 24.1 Å². The van der Waals surface area contributed by atoms with Crippen LogP contribution < -0.4 is 10.6 Å². The van der Waals surface area contributed by atoms with Crippen molar-refractivity contribution in [2.45, 2.75) is 25.0 Å². The summed E-state index contributed by atoms with van der Waals surface area (Å²) in [4.78, 5) is 34.6. The second kappa shape index (κ2) is 6.36. The first-order valence-corrected chi connectivity index (χ1v) is 6.53. The van der Waals surface area contributed by atoms with Gasteiger partial charge in [-0.3, -0.25) is 9.59 Å². The van der Waals surface area contributed by atoms with Crippen molar-refractivity contribution in [2.75, 3.05) is 12.4 Å². The first-order chi connectivity index (χ1) is 10.0. The quantitative estimate of drug-likeness (QED) is 0.754. The van der Waals surface area contributed by atoms with Crippen molar-refractivity contribution < 1.29 is 24.2 Å². The number of ether oxygens (including phenoxy) is 1. The summed E-state index contributed by atoms with van der Waals surface area (Å²) >= 11 is 0. The summed E-state index contributed by atoms with van der Waals surface area (Å²) in [7, 11) is 1.50. The molecule has 0 spiro atoms. The van der Waals surface area contributed by atoms with Gasteiger partial charge in [0.1, 0.15) is 6.10 Å².